The van der Waals surface area contributed by atoms with Gasteiger partial charge in [-0.3, -0.25) is 9.59 Å². The molecule has 1 aliphatic heterocycles. The summed E-state index contributed by atoms with van der Waals surface area (Å²) < 4.78 is 0. The topological polar surface area (TPSA) is 70.2 Å². The molecule has 0 radical (unpaired) electrons. The van der Waals surface area contributed by atoms with E-state index in [0.29, 0.717) is 24.3 Å². The molecular weight excluding hydrogens is 362 g/mol. The minimum Gasteiger partial charge on any atom is -0.309 e. The van der Waals surface area contributed by atoms with E-state index in [4.69, 9.17) is 11.6 Å². The van der Waals surface area contributed by atoms with Crippen molar-refractivity contribution in [3.8, 4) is 0 Å². The lowest BCUT2D eigenvalue weighted by molar-refractivity contribution is -0.132. The van der Waals surface area contributed by atoms with E-state index < -0.39 is 11.7 Å². The van der Waals surface area contributed by atoms with Crippen molar-refractivity contribution in [2.75, 3.05) is 12.0 Å². The minimum atomic E-state index is -0.470. The summed E-state index contributed by atoms with van der Waals surface area (Å²) in [5.41, 5.74) is 9.93. The zero-order valence-electron chi connectivity index (χ0n) is 15.0. The van der Waals surface area contributed by atoms with Gasteiger partial charge < -0.3 is 16.2 Å². The van der Waals surface area contributed by atoms with Crippen molar-refractivity contribution < 1.29 is 9.59 Å². The highest BCUT2D eigenvalue weighted by Crippen LogP contribution is 2.27. The Labute approximate surface area is 163 Å². The van der Waals surface area contributed by atoms with Crippen molar-refractivity contribution in [3.05, 3.63) is 76.5 Å². The van der Waals surface area contributed by atoms with Gasteiger partial charge in [-0.2, -0.15) is 0 Å². The quantitative estimate of drug-likeness (QED) is 0.389. The molecule has 1 aliphatic rings. The van der Waals surface area contributed by atoms with Crippen LogP contribution in [0.15, 0.2) is 65.9 Å². The molecule has 0 aliphatic carbocycles. The number of benzene rings is 2. The summed E-state index contributed by atoms with van der Waals surface area (Å²) in [5, 5.41) is 4.05. The van der Waals surface area contributed by atoms with Gasteiger partial charge in [-0.15, -0.1) is 0 Å². The van der Waals surface area contributed by atoms with Crippen LogP contribution in [0, 0.1) is 5.92 Å². The van der Waals surface area contributed by atoms with Gasteiger partial charge in [-0.25, -0.2) is 0 Å². The fourth-order valence-electron chi connectivity index (χ4n) is 3.36. The summed E-state index contributed by atoms with van der Waals surface area (Å²) in [7, 11) is 0. The highest BCUT2D eigenvalue weighted by molar-refractivity contribution is 6.30. The summed E-state index contributed by atoms with van der Waals surface area (Å²) in [6.07, 6.45) is 1.11. The van der Waals surface area contributed by atoms with Gasteiger partial charge in [0.25, 0.3) is 0 Å². The predicted molar refractivity (Wildman–Crippen MR) is 107 cm³/mol. The maximum Gasteiger partial charge on any atom is 0.203 e. The molecule has 3 rings (SSSR count). The maximum absolute atomic E-state index is 12.3. The van der Waals surface area contributed by atoms with Gasteiger partial charge in [0.2, 0.25) is 5.78 Å². The van der Waals surface area contributed by atoms with E-state index in [9.17, 15) is 9.59 Å². The Balaban J connectivity index is 1.75. The van der Waals surface area contributed by atoms with Gasteiger partial charge in [0.15, 0.2) is 6.29 Å². The SMILES string of the molecule is CC(NNc1ccc(Cl)cc1)=C1CNC(Cc2ccccc2)C1C(=O)C=O. The third-order valence-electron chi connectivity index (χ3n) is 4.77. The molecule has 0 aromatic heterocycles. The van der Waals surface area contributed by atoms with Crippen LogP contribution < -0.4 is 16.2 Å². The Hall–Kier alpha value is -2.63. The summed E-state index contributed by atoms with van der Waals surface area (Å²) in [4.78, 5) is 23.6. The number of halogens is 1. The molecule has 1 fully saturated rings. The van der Waals surface area contributed by atoms with Crippen molar-refractivity contribution in [1.29, 1.82) is 0 Å². The number of anilines is 1. The summed E-state index contributed by atoms with van der Waals surface area (Å²) in [5.74, 6) is -0.870. The van der Waals surface area contributed by atoms with E-state index in [1.54, 1.807) is 12.1 Å². The van der Waals surface area contributed by atoms with Crippen LogP contribution in [0.25, 0.3) is 0 Å². The first kappa shape index (κ1) is 19.1. The summed E-state index contributed by atoms with van der Waals surface area (Å²) in [6.45, 7) is 2.46. The van der Waals surface area contributed by atoms with E-state index in [1.165, 1.54) is 0 Å². The molecule has 0 bridgehead atoms. The molecule has 140 valence electrons. The Morgan fingerprint density at radius 2 is 1.89 bits per heavy atom. The molecule has 1 saturated heterocycles. The number of nitrogens with one attached hydrogen (secondary N) is 3. The van der Waals surface area contributed by atoms with Gasteiger partial charge in [-0.05, 0) is 48.7 Å². The number of allylic oxidation sites excluding steroid dienone is 1. The number of carbonyl (C=O) groups is 2. The molecule has 0 spiro atoms. The normalized spacial score (nSPS) is 20.8. The zero-order chi connectivity index (χ0) is 19.2. The molecule has 2 unspecified atom stereocenters. The first-order chi connectivity index (χ1) is 13.1. The van der Waals surface area contributed by atoms with E-state index >= 15 is 0 Å². The fraction of sp³-hybridized carbons (Fsp3) is 0.238. The number of rotatable bonds is 7. The Kier molecular flexibility index (Phi) is 6.27. The molecule has 27 heavy (non-hydrogen) atoms. The van der Waals surface area contributed by atoms with E-state index in [-0.39, 0.29) is 6.04 Å². The highest BCUT2D eigenvalue weighted by atomic mass is 35.5. The molecule has 5 nitrogen and oxygen atoms in total. The monoisotopic (exact) mass is 383 g/mol. The largest absolute Gasteiger partial charge is 0.309 e. The van der Waals surface area contributed by atoms with Crippen molar-refractivity contribution >= 4 is 29.4 Å². The van der Waals surface area contributed by atoms with Crippen molar-refractivity contribution in [3.63, 3.8) is 0 Å². The molecule has 2 atom stereocenters. The molecule has 3 N–H and O–H groups in total. The van der Waals surface area contributed by atoms with Crippen LogP contribution in [0.1, 0.15) is 12.5 Å². The van der Waals surface area contributed by atoms with E-state index in [2.05, 4.69) is 16.2 Å². The fourth-order valence-corrected chi connectivity index (χ4v) is 3.48. The standard InChI is InChI=1S/C21H22ClN3O2/c1-14(24-25-17-9-7-16(22)8-10-17)18-12-23-19(21(18)20(27)13-26)11-15-5-3-2-4-6-15/h2-10,13,19,21,23-25H,11-12H2,1H3. The third kappa shape index (κ3) is 4.76. The second-order valence-corrected chi connectivity index (χ2v) is 7.02. The highest BCUT2D eigenvalue weighted by Gasteiger charge is 2.37. The lowest BCUT2D eigenvalue weighted by atomic mass is 9.87. The zero-order valence-corrected chi connectivity index (χ0v) is 15.8. The van der Waals surface area contributed by atoms with Crippen molar-refractivity contribution in [2.24, 2.45) is 5.92 Å². The molecule has 6 heteroatoms. The summed E-state index contributed by atoms with van der Waals surface area (Å²) >= 11 is 5.89. The molecule has 2 aromatic rings. The maximum atomic E-state index is 12.3. The lowest BCUT2D eigenvalue weighted by Gasteiger charge is -2.19. The van der Waals surface area contributed by atoms with Gasteiger partial charge in [0.05, 0.1) is 11.6 Å². The Morgan fingerprint density at radius 1 is 1.19 bits per heavy atom. The molecule has 0 saturated carbocycles. The summed E-state index contributed by atoms with van der Waals surface area (Å²) in [6, 6.07) is 17.1. The van der Waals surface area contributed by atoms with Crippen LogP contribution in [-0.4, -0.2) is 24.7 Å². The van der Waals surface area contributed by atoms with Gasteiger partial charge in [0.1, 0.15) is 0 Å². The average molecular weight is 384 g/mol. The second kappa shape index (κ2) is 8.84. The Bertz CT molecular complexity index is 834. The van der Waals surface area contributed by atoms with Crippen molar-refractivity contribution in [1.82, 2.24) is 10.7 Å². The lowest BCUT2D eigenvalue weighted by Crippen LogP contribution is -2.34. The van der Waals surface area contributed by atoms with Gasteiger partial charge in [-0.1, -0.05) is 41.9 Å². The number of Topliss-reactive ketones (excluding diaryl/α,β-unsaturated/α-hetero) is 1. The third-order valence-corrected chi connectivity index (χ3v) is 5.03. The van der Waals surface area contributed by atoms with Crippen LogP contribution in [0.4, 0.5) is 5.69 Å². The molecule has 1 heterocycles. The molecule has 0 amide bonds. The first-order valence-electron chi connectivity index (χ1n) is 8.82. The van der Waals surface area contributed by atoms with Crippen molar-refractivity contribution in [2.45, 2.75) is 19.4 Å². The van der Waals surface area contributed by atoms with Crippen LogP contribution in [0.5, 0.6) is 0 Å². The number of hydrazine groups is 1. The number of carbonyl (C=O) groups excluding carboxylic acids is 2. The van der Waals surface area contributed by atoms with Gasteiger partial charge >= 0.3 is 0 Å². The number of aldehydes is 1. The molecule has 2 aromatic carbocycles. The molecular formula is C21H22ClN3O2. The number of hydrogen-bond donors (Lipinski definition) is 3. The number of hydrogen-bond acceptors (Lipinski definition) is 5. The first-order valence-corrected chi connectivity index (χ1v) is 9.20. The van der Waals surface area contributed by atoms with Gasteiger partial charge in [0, 0.05) is 23.3 Å². The average Bonchev–Trinajstić information content (AvgIpc) is 3.11. The van der Waals surface area contributed by atoms with Crippen LogP contribution in [-0.2, 0) is 16.0 Å². The Morgan fingerprint density at radius 3 is 2.56 bits per heavy atom. The van der Waals surface area contributed by atoms with Crippen LogP contribution in [0.3, 0.4) is 0 Å². The minimum absolute atomic E-state index is 0.104. The van der Waals surface area contributed by atoms with E-state index in [0.717, 1.165) is 22.5 Å². The van der Waals surface area contributed by atoms with E-state index in [1.807, 2.05) is 49.4 Å². The smallest absolute Gasteiger partial charge is 0.203 e. The van der Waals surface area contributed by atoms with Crippen LogP contribution >= 0.6 is 11.6 Å². The predicted octanol–water partition coefficient (Wildman–Crippen LogP) is 3.13. The second-order valence-electron chi connectivity index (χ2n) is 6.58. The number of ketones is 1. The van der Waals surface area contributed by atoms with Crippen LogP contribution in [0.2, 0.25) is 5.02 Å².